The molecule has 0 saturated carbocycles. The summed E-state index contributed by atoms with van der Waals surface area (Å²) >= 11 is 0. The van der Waals surface area contributed by atoms with E-state index in [0.29, 0.717) is 17.5 Å². The van der Waals surface area contributed by atoms with Crippen LogP contribution in [0.15, 0.2) is 79.4 Å². The maximum Gasteiger partial charge on any atom is 0.165 e. The van der Waals surface area contributed by atoms with E-state index in [-0.39, 0.29) is 0 Å². The van der Waals surface area contributed by atoms with Gasteiger partial charge in [0.15, 0.2) is 17.5 Å². The van der Waals surface area contributed by atoms with Crippen molar-refractivity contribution < 1.29 is 0 Å². The van der Waals surface area contributed by atoms with Gasteiger partial charge in [-0.25, -0.2) is 15.0 Å². The number of rotatable bonds is 3. The molecule has 0 spiro atoms. The minimum atomic E-state index is 0.593. The van der Waals surface area contributed by atoms with Gasteiger partial charge in [-0.05, 0) is 24.3 Å². The van der Waals surface area contributed by atoms with Crippen molar-refractivity contribution in [2.75, 3.05) is 0 Å². The summed E-state index contributed by atoms with van der Waals surface area (Å²) in [4.78, 5) is 22.1. The lowest BCUT2D eigenvalue weighted by Gasteiger charge is -2.07. The maximum atomic E-state index is 4.62. The molecule has 4 aromatic rings. The van der Waals surface area contributed by atoms with Gasteiger partial charge in [0.2, 0.25) is 0 Å². The first kappa shape index (κ1) is 14.1. The van der Waals surface area contributed by atoms with Crippen LogP contribution >= 0.6 is 0 Å². The van der Waals surface area contributed by atoms with Crippen LogP contribution in [-0.2, 0) is 0 Å². The van der Waals surface area contributed by atoms with Crippen LogP contribution in [-0.4, -0.2) is 24.9 Å². The molecule has 3 heterocycles. The SMILES string of the molecule is c1ccc(-c2nc(-c3cccnc3)nc(-c3cccnc3)n2)cc1. The Morgan fingerprint density at radius 1 is 0.458 bits per heavy atom. The van der Waals surface area contributed by atoms with E-state index in [1.54, 1.807) is 24.8 Å². The summed E-state index contributed by atoms with van der Waals surface area (Å²) in [6.45, 7) is 0. The van der Waals surface area contributed by atoms with Gasteiger partial charge in [0.05, 0.1) is 0 Å². The summed E-state index contributed by atoms with van der Waals surface area (Å²) in [5, 5.41) is 0. The molecule has 0 radical (unpaired) electrons. The average molecular weight is 311 g/mol. The Balaban J connectivity index is 1.92. The molecule has 3 aromatic heterocycles. The minimum absolute atomic E-state index is 0.593. The molecule has 5 nitrogen and oxygen atoms in total. The average Bonchev–Trinajstić information content (AvgIpc) is 2.70. The second-order valence-corrected chi connectivity index (χ2v) is 5.16. The van der Waals surface area contributed by atoms with Gasteiger partial charge in [-0.15, -0.1) is 0 Å². The van der Waals surface area contributed by atoms with E-state index in [2.05, 4.69) is 24.9 Å². The van der Waals surface area contributed by atoms with E-state index in [0.717, 1.165) is 16.7 Å². The number of hydrogen-bond donors (Lipinski definition) is 0. The topological polar surface area (TPSA) is 64.5 Å². The van der Waals surface area contributed by atoms with Gasteiger partial charge in [-0.3, -0.25) is 9.97 Å². The number of hydrogen-bond acceptors (Lipinski definition) is 5. The van der Waals surface area contributed by atoms with E-state index in [1.807, 2.05) is 54.6 Å². The van der Waals surface area contributed by atoms with Crippen LogP contribution < -0.4 is 0 Å². The molecular formula is C19H13N5. The van der Waals surface area contributed by atoms with Crippen molar-refractivity contribution in [1.29, 1.82) is 0 Å². The third-order valence-electron chi connectivity index (χ3n) is 3.51. The minimum Gasteiger partial charge on any atom is -0.264 e. The van der Waals surface area contributed by atoms with Crippen molar-refractivity contribution >= 4 is 0 Å². The summed E-state index contributed by atoms with van der Waals surface area (Å²) in [6, 6.07) is 17.5. The van der Waals surface area contributed by atoms with E-state index in [1.165, 1.54) is 0 Å². The Hall–Kier alpha value is -3.47. The number of benzene rings is 1. The zero-order valence-electron chi connectivity index (χ0n) is 12.7. The second kappa shape index (κ2) is 6.34. The molecule has 0 unspecified atom stereocenters. The number of aromatic nitrogens is 5. The maximum absolute atomic E-state index is 4.62. The fourth-order valence-corrected chi connectivity index (χ4v) is 2.34. The molecule has 4 rings (SSSR count). The van der Waals surface area contributed by atoms with E-state index in [9.17, 15) is 0 Å². The highest BCUT2D eigenvalue weighted by Crippen LogP contribution is 2.23. The first-order chi connectivity index (χ1) is 11.9. The Morgan fingerprint density at radius 2 is 0.917 bits per heavy atom. The molecule has 0 bridgehead atoms. The van der Waals surface area contributed by atoms with Crippen LogP contribution in [0, 0.1) is 0 Å². The highest BCUT2D eigenvalue weighted by atomic mass is 15.0. The third kappa shape index (κ3) is 2.87. The van der Waals surface area contributed by atoms with Crippen molar-refractivity contribution in [2.24, 2.45) is 0 Å². The van der Waals surface area contributed by atoms with E-state index < -0.39 is 0 Å². The van der Waals surface area contributed by atoms with Gasteiger partial charge >= 0.3 is 0 Å². The highest BCUT2D eigenvalue weighted by molar-refractivity contribution is 5.65. The molecule has 0 aliphatic heterocycles. The van der Waals surface area contributed by atoms with Crippen molar-refractivity contribution in [3.05, 3.63) is 79.4 Å². The summed E-state index contributed by atoms with van der Waals surface area (Å²) < 4.78 is 0. The molecular weight excluding hydrogens is 298 g/mol. The Kier molecular flexibility index (Phi) is 3.73. The quantitative estimate of drug-likeness (QED) is 0.577. The standard InChI is InChI=1S/C19H13N5/c1-2-6-14(7-3-1)17-22-18(15-8-4-10-20-12-15)24-19(23-17)16-9-5-11-21-13-16/h1-13H. The molecule has 0 aliphatic carbocycles. The lowest BCUT2D eigenvalue weighted by atomic mass is 10.2. The summed E-state index contributed by atoms with van der Waals surface area (Å²) in [7, 11) is 0. The summed E-state index contributed by atoms with van der Waals surface area (Å²) in [6.07, 6.45) is 6.95. The third-order valence-corrected chi connectivity index (χ3v) is 3.51. The van der Waals surface area contributed by atoms with Crippen LogP contribution in [0.2, 0.25) is 0 Å². The number of pyridine rings is 2. The fraction of sp³-hybridized carbons (Fsp3) is 0. The van der Waals surface area contributed by atoms with Gasteiger partial charge in [-0.1, -0.05) is 30.3 Å². The van der Waals surface area contributed by atoms with Crippen LogP contribution in [0.3, 0.4) is 0 Å². The zero-order valence-corrected chi connectivity index (χ0v) is 12.7. The van der Waals surface area contributed by atoms with Crippen molar-refractivity contribution in [3.8, 4) is 34.2 Å². The van der Waals surface area contributed by atoms with Crippen LogP contribution in [0.5, 0.6) is 0 Å². The molecule has 0 amide bonds. The molecule has 0 saturated heterocycles. The Morgan fingerprint density at radius 3 is 1.38 bits per heavy atom. The predicted molar refractivity (Wildman–Crippen MR) is 91.7 cm³/mol. The molecule has 114 valence electrons. The lowest BCUT2D eigenvalue weighted by molar-refractivity contribution is 1.07. The van der Waals surface area contributed by atoms with Gasteiger partial charge < -0.3 is 0 Å². The summed E-state index contributed by atoms with van der Waals surface area (Å²) in [5.74, 6) is 1.81. The van der Waals surface area contributed by atoms with E-state index in [4.69, 9.17) is 0 Å². The van der Waals surface area contributed by atoms with Crippen molar-refractivity contribution in [2.45, 2.75) is 0 Å². The van der Waals surface area contributed by atoms with Gasteiger partial charge in [0.25, 0.3) is 0 Å². The largest absolute Gasteiger partial charge is 0.264 e. The van der Waals surface area contributed by atoms with Gasteiger partial charge in [-0.2, -0.15) is 0 Å². The second-order valence-electron chi connectivity index (χ2n) is 5.16. The fourth-order valence-electron chi connectivity index (χ4n) is 2.34. The molecule has 0 atom stereocenters. The number of nitrogens with zero attached hydrogens (tertiary/aromatic N) is 5. The van der Waals surface area contributed by atoms with Crippen LogP contribution in [0.25, 0.3) is 34.2 Å². The monoisotopic (exact) mass is 311 g/mol. The predicted octanol–water partition coefficient (Wildman–Crippen LogP) is 3.66. The van der Waals surface area contributed by atoms with Gasteiger partial charge in [0.1, 0.15) is 0 Å². The lowest BCUT2D eigenvalue weighted by Crippen LogP contribution is -2.00. The van der Waals surface area contributed by atoms with Crippen molar-refractivity contribution in [1.82, 2.24) is 24.9 Å². The zero-order chi connectivity index (χ0) is 16.2. The smallest absolute Gasteiger partial charge is 0.165 e. The van der Waals surface area contributed by atoms with Gasteiger partial charge in [0, 0.05) is 41.5 Å². The van der Waals surface area contributed by atoms with E-state index >= 15 is 0 Å². The van der Waals surface area contributed by atoms with Crippen LogP contribution in [0.1, 0.15) is 0 Å². The molecule has 5 heteroatoms. The molecule has 0 fully saturated rings. The highest BCUT2D eigenvalue weighted by Gasteiger charge is 2.11. The van der Waals surface area contributed by atoms with Crippen molar-refractivity contribution in [3.63, 3.8) is 0 Å². The first-order valence-corrected chi connectivity index (χ1v) is 7.52. The Labute approximate surface area is 139 Å². The first-order valence-electron chi connectivity index (χ1n) is 7.52. The summed E-state index contributed by atoms with van der Waals surface area (Å²) in [5.41, 5.74) is 2.64. The Bertz CT molecular complexity index is 801. The molecule has 1 aromatic carbocycles. The molecule has 24 heavy (non-hydrogen) atoms. The molecule has 0 N–H and O–H groups in total. The normalized spacial score (nSPS) is 10.5. The van der Waals surface area contributed by atoms with Crippen LogP contribution in [0.4, 0.5) is 0 Å². The molecule has 0 aliphatic rings.